The number of aryl methyl sites for hydroxylation is 3. The molecule has 0 saturated carbocycles. The van der Waals surface area contributed by atoms with Crippen LogP contribution in [0.2, 0.25) is 0 Å². The van der Waals surface area contributed by atoms with E-state index in [0.717, 1.165) is 35.9 Å². The summed E-state index contributed by atoms with van der Waals surface area (Å²) in [6.07, 6.45) is 1.93. The highest BCUT2D eigenvalue weighted by molar-refractivity contribution is 7.80. The minimum Gasteiger partial charge on any atom is -0.446 e. The second kappa shape index (κ2) is 3.81. The highest BCUT2D eigenvalue weighted by atomic mass is 32.1. The summed E-state index contributed by atoms with van der Waals surface area (Å²) in [5, 5.41) is 0. The Hall–Kier alpha value is -0.440. The Labute approximate surface area is 72.4 Å². The highest BCUT2D eigenvalue weighted by Crippen LogP contribution is 2.09. The second-order valence-corrected chi connectivity index (χ2v) is 3.02. The zero-order chi connectivity index (χ0) is 8.27. The fraction of sp³-hybridized carbons (Fsp3) is 0.625. The molecule has 2 nitrogen and oxygen atoms in total. The summed E-state index contributed by atoms with van der Waals surface area (Å²) in [5.74, 6) is 2.66. The summed E-state index contributed by atoms with van der Waals surface area (Å²) >= 11 is 4.11. The van der Waals surface area contributed by atoms with E-state index < -0.39 is 0 Å². The van der Waals surface area contributed by atoms with Crippen molar-refractivity contribution in [2.45, 2.75) is 26.7 Å². The fourth-order valence-corrected chi connectivity index (χ4v) is 1.03. The van der Waals surface area contributed by atoms with Crippen molar-refractivity contribution in [1.29, 1.82) is 0 Å². The Morgan fingerprint density at radius 2 is 2.18 bits per heavy atom. The average Bonchev–Trinajstić information content (AvgIpc) is 2.28. The molecule has 0 bridgehead atoms. The Bertz CT molecular complexity index is 212. The van der Waals surface area contributed by atoms with Crippen LogP contribution in [0.1, 0.15) is 23.8 Å². The molecule has 1 rings (SSSR count). The van der Waals surface area contributed by atoms with E-state index >= 15 is 0 Å². The van der Waals surface area contributed by atoms with Gasteiger partial charge in [-0.15, -0.1) is 0 Å². The lowest BCUT2D eigenvalue weighted by Gasteiger charge is -1.89. The number of oxazole rings is 1. The number of rotatable bonds is 3. The van der Waals surface area contributed by atoms with E-state index in [2.05, 4.69) is 17.6 Å². The predicted octanol–water partition coefficient (Wildman–Crippen LogP) is 2.15. The van der Waals surface area contributed by atoms with Crippen LogP contribution in [0.25, 0.3) is 0 Å². The zero-order valence-electron chi connectivity index (χ0n) is 6.92. The molecule has 0 aliphatic heterocycles. The minimum absolute atomic E-state index is 0.842. The Morgan fingerprint density at radius 1 is 1.45 bits per heavy atom. The Morgan fingerprint density at radius 3 is 2.64 bits per heavy atom. The van der Waals surface area contributed by atoms with E-state index in [1.54, 1.807) is 0 Å². The van der Waals surface area contributed by atoms with Gasteiger partial charge in [0.15, 0.2) is 5.89 Å². The summed E-state index contributed by atoms with van der Waals surface area (Å²) in [4.78, 5) is 4.25. The van der Waals surface area contributed by atoms with Crippen molar-refractivity contribution in [3.05, 3.63) is 17.3 Å². The lowest BCUT2D eigenvalue weighted by atomic mass is 10.3. The van der Waals surface area contributed by atoms with Gasteiger partial charge in [-0.2, -0.15) is 12.6 Å². The van der Waals surface area contributed by atoms with Crippen molar-refractivity contribution in [2.75, 3.05) is 5.75 Å². The molecule has 1 aromatic heterocycles. The predicted molar refractivity (Wildman–Crippen MR) is 48.2 cm³/mol. The third-order valence-corrected chi connectivity index (χ3v) is 1.94. The second-order valence-electron chi connectivity index (χ2n) is 2.58. The van der Waals surface area contributed by atoms with Gasteiger partial charge >= 0.3 is 0 Å². The molecule has 11 heavy (non-hydrogen) atoms. The third kappa shape index (κ3) is 2.26. The Kier molecular flexibility index (Phi) is 3.00. The molecular weight excluding hydrogens is 158 g/mol. The first-order valence-corrected chi connectivity index (χ1v) is 4.41. The van der Waals surface area contributed by atoms with Gasteiger partial charge in [0.05, 0.1) is 5.69 Å². The lowest BCUT2D eigenvalue weighted by Crippen LogP contribution is -1.85. The topological polar surface area (TPSA) is 26.0 Å². The summed E-state index contributed by atoms with van der Waals surface area (Å²) in [6, 6.07) is 0. The molecule has 1 heterocycles. The number of thiol groups is 1. The molecule has 0 fully saturated rings. The van der Waals surface area contributed by atoms with E-state index in [-0.39, 0.29) is 0 Å². The fourth-order valence-electron chi connectivity index (χ4n) is 0.876. The zero-order valence-corrected chi connectivity index (χ0v) is 7.82. The molecule has 0 aliphatic carbocycles. The van der Waals surface area contributed by atoms with Gasteiger partial charge in [0, 0.05) is 6.42 Å². The van der Waals surface area contributed by atoms with Gasteiger partial charge in [-0.05, 0) is 26.0 Å². The number of aromatic nitrogens is 1. The number of hydrogen-bond donors (Lipinski definition) is 1. The van der Waals surface area contributed by atoms with Crippen molar-refractivity contribution in [3.63, 3.8) is 0 Å². The molecule has 0 spiro atoms. The maximum atomic E-state index is 5.37. The van der Waals surface area contributed by atoms with Gasteiger partial charge < -0.3 is 4.42 Å². The molecule has 0 atom stereocenters. The first kappa shape index (κ1) is 8.65. The van der Waals surface area contributed by atoms with Crippen molar-refractivity contribution >= 4 is 12.6 Å². The summed E-state index contributed by atoms with van der Waals surface area (Å²) in [6.45, 7) is 3.90. The van der Waals surface area contributed by atoms with Crippen LogP contribution in [0, 0.1) is 13.8 Å². The molecule has 0 N–H and O–H groups in total. The standard InChI is InChI=1S/C8H13NOS/c1-6-7(2)10-8(9-6)4-3-5-11/h11H,3-5H2,1-2H3. The SMILES string of the molecule is Cc1nc(CCCS)oc1C. The summed E-state index contributed by atoms with van der Waals surface area (Å²) in [5.41, 5.74) is 0.999. The van der Waals surface area contributed by atoms with Crippen LogP contribution < -0.4 is 0 Å². The smallest absolute Gasteiger partial charge is 0.194 e. The van der Waals surface area contributed by atoms with Gasteiger partial charge in [-0.3, -0.25) is 0 Å². The first-order valence-electron chi connectivity index (χ1n) is 3.78. The van der Waals surface area contributed by atoms with Crippen LogP contribution in [0.3, 0.4) is 0 Å². The molecule has 0 unspecified atom stereocenters. The molecule has 0 amide bonds. The summed E-state index contributed by atoms with van der Waals surface area (Å²) < 4.78 is 5.37. The number of nitrogens with zero attached hydrogens (tertiary/aromatic N) is 1. The quantitative estimate of drug-likeness (QED) is 0.705. The highest BCUT2D eigenvalue weighted by Gasteiger charge is 2.03. The van der Waals surface area contributed by atoms with Crippen molar-refractivity contribution in [2.24, 2.45) is 0 Å². The van der Waals surface area contributed by atoms with Gasteiger partial charge in [-0.25, -0.2) is 4.98 Å². The van der Waals surface area contributed by atoms with Crippen LogP contribution in [-0.4, -0.2) is 10.7 Å². The molecule has 0 saturated heterocycles. The van der Waals surface area contributed by atoms with Crippen LogP contribution in [-0.2, 0) is 6.42 Å². The maximum Gasteiger partial charge on any atom is 0.194 e. The van der Waals surface area contributed by atoms with E-state index in [4.69, 9.17) is 4.42 Å². The Balaban J connectivity index is 2.58. The normalized spacial score (nSPS) is 10.5. The van der Waals surface area contributed by atoms with Crippen molar-refractivity contribution < 1.29 is 4.42 Å². The molecule has 1 aromatic rings. The van der Waals surface area contributed by atoms with Crippen LogP contribution in [0.15, 0.2) is 4.42 Å². The number of hydrogen-bond acceptors (Lipinski definition) is 3. The molecule has 0 aromatic carbocycles. The van der Waals surface area contributed by atoms with Crippen LogP contribution >= 0.6 is 12.6 Å². The van der Waals surface area contributed by atoms with Crippen molar-refractivity contribution in [3.8, 4) is 0 Å². The molecule has 62 valence electrons. The van der Waals surface area contributed by atoms with Gasteiger partial charge in [0.2, 0.25) is 0 Å². The molecular formula is C8H13NOS. The minimum atomic E-state index is 0.842. The van der Waals surface area contributed by atoms with Crippen molar-refractivity contribution in [1.82, 2.24) is 4.98 Å². The van der Waals surface area contributed by atoms with Crippen LogP contribution in [0.4, 0.5) is 0 Å². The van der Waals surface area contributed by atoms with Crippen LogP contribution in [0.5, 0.6) is 0 Å². The van der Waals surface area contributed by atoms with E-state index in [1.165, 1.54) is 0 Å². The summed E-state index contributed by atoms with van der Waals surface area (Å²) in [7, 11) is 0. The largest absolute Gasteiger partial charge is 0.446 e. The van der Waals surface area contributed by atoms with E-state index in [1.807, 2.05) is 13.8 Å². The van der Waals surface area contributed by atoms with Gasteiger partial charge in [-0.1, -0.05) is 0 Å². The molecule has 0 aliphatic rings. The lowest BCUT2D eigenvalue weighted by molar-refractivity contribution is 0.468. The maximum absolute atomic E-state index is 5.37. The van der Waals surface area contributed by atoms with E-state index in [9.17, 15) is 0 Å². The van der Waals surface area contributed by atoms with Gasteiger partial charge in [0.1, 0.15) is 5.76 Å². The van der Waals surface area contributed by atoms with E-state index in [0.29, 0.717) is 0 Å². The van der Waals surface area contributed by atoms with Gasteiger partial charge in [0.25, 0.3) is 0 Å². The molecule has 0 radical (unpaired) electrons. The monoisotopic (exact) mass is 171 g/mol. The third-order valence-electron chi connectivity index (χ3n) is 1.62. The first-order chi connectivity index (χ1) is 5.24. The average molecular weight is 171 g/mol. The molecule has 3 heteroatoms.